The zero-order valence-corrected chi connectivity index (χ0v) is 14.9. The van der Waals surface area contributed by atoms with Crippen molar-refractivity contribution in [3.05, 3.63) is 83.9 Å². The van der Waals surface area contributed by atoms with Crippen molar-refractivity contribution in [2.45, 2.75) is 31.8 Å². The molecule has 0 radical (unpaired) electrons. The van der Waals surface area contributed by atoms with Gasteiger partial charge in [0.15, 0.2) is 0 Å². The summed E-state index contributed by atoms with van der Waals surface area (Å²) in [5, 5.41) is 9.76. The van der Waals surface area contributed by atoms with Crippen molar-refractivity contribution in [2.75, 3.05) is 6.61 Å². The highest BCUT2D eigenvalue weighted by Crippen LogP contribution is 2.46. The van der Waals surface area contributed by atoms with Crippen LogP contribution in [0.5, 0.6) is 0 Å². The van der Waals surface area contributed by atoms with Gasteiger partial charge < -0.3 is 14.6 Å². The Morgan fingerprint density at radius 1 is 0.808 bits per heavy atom. The van der Waals surface area contributed by atoms with Crippen molar-refractivity contribution >= 4 is 0 Å². The molecule has 2 aromatic rings. The molecular formula is C23H26O3. The second-order valence-corrected chi connectivity index (χ2v) is 7.30. The Hall–Kier alpha value is -1.94. The van der Waals surface area contributed by atoms with Gasteiger partial charge in [0.05, 0.1) is 25.4 Å². The van der Waals surface area contributed by atoms with Crippen LogP contribution >= 0.6 is 0 Å². The van der Waals surface area contributed by atoms with E-state index in [1.54, 1.807) is 0 Å². The zero-order chi connectivity index (χ0) is 17.8. The van der Waals surface area contributed by atoms with Gasteiger partial charge in [0.1, 0.15) is 0 Å². The molecule has 26 heavy (non-hydrogen) atoms. The summed E-state index contributed by atoms with van der Waals surface area (Å²) >= 11 is 0. The van der Waals surface area contributed by atoms with Gasteiger partial charge in [-0.15, -0.1) is 0 Å². The third-order valence-corrected chi connectivity index (χ3v) is 5.65. The summed E-state index contributed by atoms with van der Waals surface area (Å²) in [7, 11) is 0. The van der Waals surface area contributed by atoms with Crippen molar-refractivity contribution in [1.29, 1.82) is 0 Å². The molecule has 1 saturated carbocycles. The number of rotatable bonds is 7. The van der Waals surface area contributed by atoms with E-state index in [0.717, 1.165) is 6.42 Å². The zero-order valence-electron chi connectivity index (χ0n) is 14.9. The summed E-state index contributed by atoms with van der Waals surface area (Å²) in [4.78, 5) is 0. The van der Waals surface area contributed by atoms with Gasteiger partial charge in [-0.2, -0.15) is 0 Å². The number of hydrogen-bond acceptors (Lipinski definition) is 3. The maximum Gasteiger partial charge on any atom is 0.0881 e. The fraction of sp³-hybridized carbons (Fsp3) is 0.391. The molecule has 0 unspecified atom stereocenters. The van der Waals surface area contributed by atoms with Crippen LogP contribution in [0.1, 0.15) is 17.5 Å². The van der Waals surface area contributed by atoms with Gasteiger partial charge in [0.2, 0.25) is 0 Å². The number of ether oxygens (including phenoxy) is 2. The highest BCUT2D eigenvalue weighted by molar-refractivity contribution is 5.17. The Labute approximate surface area is 155 Å². The predicted molar refractivity (Wildman–Crippen MR) is 101 cm³/mol. The van der Waals surface area contributed by atoms with Crippen LogP contribution in [0, 0.1) is 17.8 Å². The molecule has 0 aliphatic heterocycles. The average Bonchev–Trinajstić information content (AvgIpc) is 3.25. The first-order chi connectivity index (χ1) is 12.8. The fourth-order valence-electron chi connectivity index (χ4n) is 4.34. The topological polar surface area (TPSA) is 38.7 Å². The molecule has 0 bridgehead atoms. The maximum atomic E-state index is 9.76. The molecule has 2 aromatic carbocycles. The van der Waals surface area contributed by atoms with Crippen molar-refractivity contribution in [2.24, 2.45) is 17.8 Å². The molecule has 5 atom stereocenters. The van der Waals surface area contributed by atoms with E-state index in [0.29, 0.717) is 25.0 Å². The molecule has 0 heterocycles. The Morgan fingerprint density at radius 3 is 2.04 bits per heavy atom. The molecule has 1 N–H and O–H groups in total. The SMILES string of the molecule is OC[C@@H]1C=C[C@@H]2C[C@@H](OCc3ccccc3)[C@@H](OCc3ccccc3)[C@@H]21. The lowest BCUT2D eigenvalue weighted by Gasteiger charge is -2.28. The van der Waals surface area contributed by atoms with E-state index in [9.17, 15) is 5.11 Å². The first-order valence-electron chi connectivity index (χ1n) is 9.45. The molecule has 136 valence electrons. The van der Waals surface area contributed by atoms with Crippen molar-refractivity contribution in [3.8, 4) is 0 Å². The highest BCUT2D eigenvalue weighted by Gasteiger charge is 2.48. The minimum Gasteiger partial charge on any atom is -0.396 e. The van der Waals surface area contributed by atoms with E-state index in [4.69, 9.17) is 9.47 Å². The molecule has 2 aliphatic carbocycles. The molecule has 1 fully saturated rings. The summed E-state index contributed by atoms with van der Waals surface area (Å²) in [5.74, 6) is 0.921. The molecule has 0 saturated heterocycles. The second kappa shape index (κ2) is 8.17. The van der Waals surface area contributed by atoms with Crippen LogP contribution in [0.2, 0.25) is 0 Å². The van der Waals surface area contributed by atoms with E-state index in [-0.39, 0.29) is 24.7 Å². The first kappa shape index (κ1) is 17.5. The molecule has 3 nitrogen and oxygen atoms in total. The van der Waals surface area contributed by atoms with Crippen LogP contribution in [0.15, 0.2) is 72.8 Å². The summed E-state index contributed by atoms with van der Waals surface area (Å²) in [6, 6.07) is 20.5. The summed E-state index contributed by atoms with van der Waals surface area (Å²) in [6.45, 7) is 1.36. The lowest BCUT2D eigenvalue weighted by molar-refractivity contribution is -0.0911. The monoisotopic (exact) mass is 350 g/mol. The molecule has 0 amide bonds. The Balaban J connectivity index is 1.45. The molecule has 0 spiro atoms. The average molecular weight is 350 g/mol. The van der Waals surface area contributed by atoms with E-state index in [2.05, 4.69) is 36.4 Å². The molecular weight excluding hydrogens is 324 g/mol. The fourth-order valence-corrected chi connectivity index (χ4v) is 4.34. The quantitative estimate of drug-likeness (QED) is 0.768. The van der Waals surface area contributed by atoms with Crippen molar-refractivity contribution in [3.63, 3.8) is 0 Å². The number of benzene rings is 2. The Morgan fingerprint density at radius 2 is 1.42 bits per heavy atom. The first-order valence-corrected chi connectivity index (χ1v) is 9.45. The normalized spacial score (nSPS) is 29.8. The number of aliphatic hydroxyl groups excluding tert-OH is 1. The van der Waals surface area contributed by atoms with E-state index >= 15 is 0 Å². The third-order valence-electron chi connectivity index (χ3n) is 5.65. The number of aliphatic hydroxyl groups is 1. The largest absolute Gasteiger partial charge is 0.396 e. The van der Waals surface area contributed by atoms with Crippen LogP contribution in [-0.2, 0) is 22.7 Å². The van der Waals surface area contributed by atoms with Crippen LogP contribution in [0.3, 0.4) is 0 Å². The van der Waals surface area contributed by atoms with E-state index in [1.807, 2.05) is 36.4 Å². The summed E-state index contributed by atoms with van der Waals surface area (Å²) in [5.41, 5.74) is 2.35. The van der Waals surface area contributed by atoms with E-state index in [1.165, 1.54) is 11.1 Å². The Bertz CT molecular complexity index is 713. The third kappa shape index (κ3) is 3.75. The smallest absolute Gasteiger partial charge is 0.0881 e. The Kier molecular flexibility index (Phi) is 5.49. The minimum atomic E-state index is 0.0102. The molecule has 2 aliphatic rings. The summed E-state index contributed by atoms with van der Waals surface area (Å²) < 4.78 is 12.6. The summed E-state index contributed by atoms with van der Waals surface area (Å²) in [6.07, 6.45) is 5.44. The van der Waals surface area contributed by atoms with Crippen LogP contribution in [0.4, 0.5) is 0 Å². The molecule has 3 heteroatoms. The second-order valence-electron chi connectivity index (χ2n) is 7.30. The van der Waals surface area contributed by atoms with E-state index < -0.39 is 0 Å². The van der Waals surface area contributed by atoms with Gasteiger partial charge in [-0.3, -0.25) is 0 Å². The van der Waals surface area contributed by atoms with Gasteiger partial charge in [-0.25, -0.2) is 0 Å². The number of allylic oxidation sites excluding steroid dienone is 1. The van der Waals surface area contributed by atoms with Gasteiger partial charge in [-0.1, -0.05) is 72.8 Å². The number of fused-ring (bicyclic) bond motifs is 1. The molecule has 4 rings (SSSR count). The minimum absolute atomic E-state index is 0.0102. The lowest BCUT2D eigenvalue weighted by Crippen LogP contribution is -2.35. The van der Waals surface area contributed by atoms with Gasteiger partial charge in [-0.05, 0) is 23.5 Å². The van der Waals surface area contributed by atoms with Gasteiger partial charge in [0.25, 0.3) is 0 Å². The van der Waals surface area contributed by atoms with Gasteiger partial charge >= 0.3 is 0 Å². The van der Waals surface area contributed by atoms with Crippen LogP contribution in [0.25, 0.3) is 0 Å². The standard InChI is InChI=1S/C23H26O3/c24-14-20-12-11-19-13-21(25-15-17-7-3-1-4-8-17)23(22(19)20)26-16-18-9-5-2-6-10-18/h1-12,19-24H,13-16H2/t19-,20+,21-,22+,23-/m1/s1. The van der Waals surface area contributed by atoms with Gasteiger partial charge in [0, 0.05) is 18.4 Å². The maximum absolute atomic E-state index is 9.76. The highest BCUT2D eigenvalue weighted by atomic mass is 16.5. The molecule has 0 aromatic heterocycles. The predicted octanol–water partition coefficient (Wildman–Crippen LogP) is 3.97. The number of hydrogen-bond donors (Lipinski definition) is 1. The lowest BCUT2D eigenvalue weighted by atomic mass is 9.89. The van der Waals surface area contributed by atoms with Crippen molar-refractivity contribution in [1.82, 2.24) is 0 Å². The van der Waals surface area contributed by atoms with Crippen LogP contribution in [-0.4, -0.2) is 23.9 Å². The van der Waals surface area contributed by atoms with Crippen LogP contribution < -0.4 is 0 Å². The van der Waals surface area contributed by atoms with Crippen molar-refractivity contribution < 1.29 is 14.6 Å².